The lowest BCUT2D eigenvalue weighted by Gasteiger charge is -2.18. The van der Waals surface area contributed by atoms with Crippen molar-refractivity contribution in [1.29, 1.82) is 0 Å². The monoisotopic (exact) mass is 491 g/mol. The summed E-state index contributed by atoms with van der Waals surface area (Å²) in [5, 5.41) is 4.72. The molecule has 1 N–H and O–H groups in total. The molecule has 1 aliphatic rings. The molecular weight excluding hydrogens is 466 g/mol. The zero-order valence-electron chi connectivity index (χ0n) is 18.4. The number of methoxy groups -OCH3 is 1. The van der Waals surface area contributed by atoms with E-state index in [0.29, 0.717) is 21.6 Å². The van der Waals surface area contributed by atoms with E-state index in [9.17, 15) is 9.59 Å². The van der Waals surface area contributed by atoms with Crippen LogP contribution in [0, 0.1) is 0 Å². The quantitative estimate of drug-likeness (QED) is 0.339. The third-order valence-corrected chi connectivity index (χ3v) is 8.16. The van der Waals surface area contributed by atoms with E-state index < -0.39 is 0 Å². The molecule has 2 heterocycles. The van der Waals surface area contributed by atoms with E-state index in [1.807, 2.05) is 6.92 Å². The number of amides is 1. The Hall–Kier alpha value is -2.03. The van der Waals surface area contributed by atoms with Gasteiger partial charge in [-0.25, -0.2) is 4.98 Å². The number of hydrogen-bond donors (Lipinski definition) is 1. The van der Waals surface area contributed by atoms with E-state index in [-0.39, 0.29) is 23.3 Å². The molecule has 2 aromatic heterocycles. The minimum Gasteiger partial charge on any atom is -0.495 e. The van der Waals surface area contributed by atoms with Crippen molar-refractivity contribution < 1.29 is 9.53 Å². The number of aromatic nitrogens is 2. The van der Waals surface area contributed by atoms with Gasteiger partial charge in [-0.1, -0.05) is 30.3 Å². The van der Waals surface area contributed by atoms with Gasteiger partial charge in [0.25, 0.3) is 5.56 Å². The van der Waals surface area contributed by atoms with Crippen LogP contribution in [0.25, 0.3) is 10.2 Å². The van der Waals surface area contributed by atoms with E-state index >= 15 is 0 Å². The molecule has 32 heavy (non-hydrogen) atoms. The normalized spacial score (nSPS) is 14.2. The predicted octanol–water partition coefficient (Wildman–Crippen LogP) is 5.70. The first-order valence-corrected chi connectivity index (χ1v) is 12.9. The van der Waals surface area contributed by atoms with Crippen LogP contribution in [0.2, 0.25) is 5.02 Å². The number of thioether (sulfide) groups is 1. The van der Waals surface area contributed by atoms with Gasteiger partial charge in [0.05, 0.1) is 23.9 Å². The van der Waals surface area contributed by atoms with Gasteiger partial charge in [0.1, 0.15) is 10.6 Å². The van der Waals surface area contributed by atoms with Crippen LogP contribution in [-0.2, 0) is 17.6 Å². The Balaban J connectivity index is 1.63. The number of thiophene rings is 1. The SMILES string of the molecule is CCC(C)n1c(SCC(=O)Nc2cc(Cl)ccc2OC)nc2sc3c(c2c1=O)CCCC3. The average Bonchev–Trinajstić information content (AvgIpc) is 3.16. The van der Waals surface area contributed by atoms with Crippen molar-refractivity contribution >= 4 is 56.5 Å². The Morgan fingerprint density at radius 3 is 2.91 bits per heavy atom. The topological polar surface area (TPSA) is 73.2 Å². The lowest BCUT2D eigenvalue weighted by molar-refractivity contribution is -0.113. The number of rotatable bonds is 7. The molecule has 9 heteroatoms. The number of halogens is 1. The molecule has 6 nitrogen and oxygen atoms in total. The van der Waals surface area contributed by atoms with Gasteiger partial charge in [-0.15, -0.1) is 11.3 Å². The highest BCUT2D eigenvalue weighted by Crippen LogP contribution is 2.35. The number of carbonyl (C=O) groups is 1. The molecular formula is C23H26ClN3O3S2. The summed E-state index contributed by atoms with van der Waals surface area (Å²) in [5.41, 5.74) is 1.72. The van der Waals surface area contributed by atoms with Crippen LogP contribution < -0.4 is 15.6 Å². The number of aryl methyl sites for hydroxylation is 2. The van der Waals surface area contributed by atoms with Gasteiger partial charge in [-0.3, -0.25) is 14.2 Å². The zero-order chi connectivity index (χ0) is 22.8. The van der Waals surface area contributed by atoms with Gasteiger partial charge in [0.15, 0.2) is 5.16 Å². The van der Waals surface area contributed by atoms with E-state index in [1.54, 1.807) is 34.1 Å². The smallest absolute Gasteiger partial charge is 0.263 e. The molecule has 1 aliphatic carbocycles. The van der Waals surface area contributed by atoms with Crippen molar-refractivity contribution in [3.63, 3.8) is 0 Å². The van der Waals surface area contributed by atoms with Gasteiger partial charge in [-0.2, -0.15) is 0 Å². The Kier molecular flexibility index (Phi) is 7.12. The van der Waals surface area contributed by atoms with E-state index in [1.165, 1.54) is 29.3 Å². The summed E-state index contributed by atoms with van der Waals surface area (Å²) < 4.78 is 7.06. The molecule has 0 radical (unpaired) electrons. The summed E-state index contributed by atoms with van der Waals surface area (Å²) >= 11 is 8.97. The fourth-order valence-electron chi connectivity index (χ4n) is 3.97. The minimum atomic E-state index is -0.217. The highest BCUT2D eigenvalue weighted by Gasteiger charge is 2.24. The molecule has 1 atom stereocenters. The summed E-state index contributed by atoms with van der Waals surface area (Å²) in [6.45, 7) is 4.08. The fraction of sp³-hybridized carbons (Fsp3) is 0.435. The van der Waals surface area contributed by atoms with Crippen molar-refractivity contribution in [3.8, 4) is 5.75 Å². The first-order chi connectivity index (χ1) is 15.4. The molecule has 3 aromatic rings. The maximum atomic E-state index is 13.5. The van der Waals surface area contributed by atoms with Gasteiger partial charge in [0.2, 0.25) is 5.91 Å². The van der Waals surface area contributed by atoms with Crippen molar-refractivity contribution in [2.45, 2.75) is 57.1 Å². The predicted molar refractivity (Wildman–Crippen MR) is 133 cm³/mol. The molecule has 1 aromatic carbocycles. The second-order valence-corrected chi connectivity index (χ2v) is 10.4. The summed E-state index contributed by atoms with van der Waals surface area (Å²) in [4.78, 5) is 33.1. The Morgan fingerprint density at radius 1 is 1.38 bits per heavy atom. The number of benzene rings is 1. The summed E-state index contributed by atoms with van der Waals surface area (Å²) in [6, 6.07) is 5.06. The van der Waals surface area contributed by atoms with E-state index in [4.69, 9.17) is 21.3 Å². The van der Waals surface area contributed by atoms with Crippen molar-refractivity contribution in [3.05, 3.63) is 44.0 Å². The standard InChI is InChI=1S/C23H26ClN3O3S2/c1-4-13(2)27-22(29)20-15-7-5-6-8-18(15)32-21(20)26-23(27)31-12-19(28)25-16-11-14(24)9-10-17(16)30-3/h9-11,13H,4-8,12H2,1-3H3,(H,25,28). The second-order valence-electron chi connectivity index (χ2n) is 7.90. The van der Waals surface area contributed by atoms with Crippen LogP contribution in [0.3, 0.4) is 0 Å². The summed E-state index contributed by atoms with van der Waals surface area (Å²) in [5.74, 6) is 0.439. The number of anilines is 1. The molecule has 0 fully saturated rings. The number of carbonyl (C=O) groups excluding carboxylic acids is 1. The lowest BCUT2D eigenvalue weighted by Crippen LogP contribution is -2.27. The molecule has 1 unspecified atom stereocenters. The first-order valence-electron chi connectivity index (χ1n) is 10.8. The van der Waals surface area contributed by atoms with Gasteiger partial charge >= 0.3 is 0 Å². The highest BCUT2D eigenvalue weighted by molar-refractivity contribution is 7.99. The van der Waals surface area contributed by atoms with Crippen molar-refractivity contribution in [1.82, 2.24) is 9.55 Å². The molecule has 0 aliphatic heterocycles. The van der Waals surface area contributed by atoms with Crippen LogP contribution in [-0.4, -0.2) is 28.3 Å². The molecule has 0 spiro atoms. The van der Waals surface area contributed by atoms with Crippen molar-refractivity contribution in [2.75, 3.05) is 18.2 Å². The third kappa shape index (κ3) is 4.54. The van der Waals surface area contributed by atoms with Crippen LogP contribution in [0.15, 0.2) is 28.2 Å². The van der Waals surface area contributed by atoms with Crippen LogP contribution in [0.4, 0.5) is 5.69 Å². The molecule has 1 amide bonds. The number of fused-ring (bicyclic) bond motifs is 3. The lowest BCUT2D eigenvalue weighted by atomic mass is 9.97. The Morgan fingerprint density at radius 2 is 2.16 bits per heavy atom. The van der Waals surface area contributed by atoms with Gasteiger partial charge < -0.3 is 10.1 Å². The Labute approximate surface area is 200 Å². The second kappa shape index (κ2) is 9.85. The molecule has 4 rings (SSSR count). The average molecular weight is 492 g/mol. The van der Waals surface area contributed by atoms with Crippen molar-refractivity contribution in [2.24, 2.45) is 0 Å². The van der Waals surface area contributed by atoms with Crippen LogP contribution >= 0.6 is 34.7 Å². The number of hydrogen-bond acceptors (Lipinski definition) is 6. The molecule has 0 bridgehead atoms. The fourth-order valence-corrected chi connectivity index (χ4v) is 6.34. The number of ether oxygens (including phenoxy) is 1. The maximum absolute atomic E-state index is 13.5. The largest absolute Gasteiger partial charge is 0.495 e. The van der Waals surface area contributed by atoms with E-state index in [2.05, 4.69) is 12.2 Å². The number of nitrogens with zero attached hydrogens (tertiary/aromatic N) is 2. The summed E-state index contributed by atoms with van der Waals surface area (Å²) in [7, 11) is 1.54. The summed E-state index contributed by atoms with van der Waals surface area (Å²) in [6.07, 6.45) is 5.05. The zero-order valence-corrected chi connectivity index (χ0v) is 20.8. The minimum absolute atomic E-state index is 0.00266. The number of nitrogens with one attached hydrogen (secondary N) is 1. The van der Waals surface area contributed by atoms with Crippen LogP contribution in [0.1, 0.15) is 49.6 Å². The van der Waals surface area contributed by atoms with E-state index in [0.717, 1.165) is 42.3 Å². The Bertz CT molecular complexity index is 1220. The molecule has 170 valence electrons. The third-order valence-electron chi connectivity index (χ3n) is 5.79. The first kappa shape index (κ1) is 23.1. The van der Waals surface area contributed by atoms with Gasteiger partial charge in [0, 0.05) is 15.9 Å². The molecule has 0 saturated carbocycles. The maximum Gasteiger partial charge on any atom is 0.263 e. The molecule has 0 saturated heterocycles. The van der Waals surface area contributed by atoms with Crippen LogP contribution in [0.5, 0.6) is 5.75 Å². The van der Waals surface area contributed by atoms with Gasteiger partial charge in [-0.05, 0) is 62.8 Å². The highest BCUT2D eigenvalue weighted by atomic mass is 35.5.